The number of aromatic nitrogens is 2. The van der Waals surface area contributed by atoms with Gasteiger partial charge in [0.1, 0.15) is 5.82 Å². The highest BCUT2D eigenvalue weighted by Gasteiger charge is 2.47. The monoisotopic (exact) mass is 443 g/mol. The van der Waals surface area contributed by atoms with Gasteiger partial charge >= 0.3 is 0 Å². The smallest absolute Gasteiger partial charge is 0.123 e. The normalized spacial score (nSPS) is 27.9. The van der Waals surface area contributed by atoms with Gasteiger partial charge in [0.25, 0.3) is 0 Å². The molecule has 3 aromatic rings. The van der Waals surface area contributed by atoms with E-state index in [9.17, 15) is 4.39 Å². The lowest BCUT2D eigenvalue weighted by Gasteiger charge is -2.54. The lowest BCUT2D eigenvalue weighted by atomic mass is 9.51. The average Bonchev–Trinajstić information content (AvgIpc) is 3.22. The van der Waals surface area contributed by atoms with E-state index in [0.29, 0.717) is 0 Å². The molecule has 4 aliphatic rings. The van der Waals surface area contributed by atoms with Crippen molar-refractivity contribution >= 4 is 0 Å². The molecule has 4 fully saturated rings. The summed E-state index contributed by atoms with van der Waals surface area (Å²) >= 11 is 0. The minimum Gasteiger partial charge on any atom is -0.313 e. The summed E-state index contributed by atoms with van der Waals surface area (Å²) in [5.41, 5.74) is 5.43. The van der Waals surface area contributed by atoms with Gasteiger partial charge in [0.2, 0.25) is 0 Å². The van der Waals surface area contributed by atoms with Gasteiger partial charge < -0.3 is 5.32 Å². The summed E-state index contributed by atoms with van der Waals surface area (Å²) in [6.07, 6.45) is 10.9. The molecular formula is C29H34FN3. The minimum atomic E-state index is -0.225. The molecule has 4 saturated carbocycles. The third kappa shape index (κ3) is 4.26. The summed E-state index contributed by atoms with van der Waals surface area (Å²) in [5, 5.41) is 8.65. The molecule has 7 rings (SSSR count). The van der Waals surface area contributed by atoms with Crippen molar-refractivity contribution in [1.82, 2.24) is 15.1 Å². The second-order valence-corrected chi connectivity index (χ2v) is 10.9. The molecule has 1 heterocycles. The summed E-state index contributed by atoms with van der Waals surface area (Å²) in [4.78, 5) is 0. The van der Waals surface area contributed by atoms with Crippen LogP contribution in [-0.2, 0) is 6.54 Å². The summed E-state index contributed by atoms with van der Waals surface area (Å²) in [5.74, 6) is 4.79. The Kier molecular flexibility index (Phi) is 5.57. The van der Waals surface area contributed by atoms with Crippen molar-refractivity contribution in [2.24, 2.45) is 29.6 Å². The first-order chi connectivity index (χ1) is 16.1. The van der Waals surface area contributed by atoms with Crippen LogP contribution in [0.15, 0.2) is 54.7 Å². The van der Waals surface area contributed by atoms with Crippen molar-refractivity contribution in [2.45, 2.75) is 52.0 Å². The van der Waals surface area contributed by atoms with Crippen LogP contribution in [-0.4, -0.2) is 16.3 Å². The molecule has 4 heteroatoms. The van der Waals surface area contributed by atoms with E-state index < -0.39 is 0 Å². The molecular weight excluding hydrogens is 409 g/mol. The maximum Gasteiger partial charge on any atom is 0.123 e. The molecule has 2 aromatic carbocycles. The maximum absolute atomic E-state index is 13.4. The van der Waals surface area contributed by atoms with Crippen LogP contribution in [0.4, 0.5) is 4.39 Å². The molecule has 172 valence electrons. The predicted octanol–water partition coefficient (Wildman–Crippen LogP) is 6.54. The van der Waals surface area contributed by atoms with Crippen LogP contribution in [0.2, 0.25) is 0 Å². The summed E-state index contributed by atoms with van der Waals surface area (Å²) in [6, 6.07) is 15.1. The third-order valence-electron chi connectivity index (χ3n) is 8.56. The van der Waals surface area contributed by atoms with Crippen LogP contribution < -0.4 is 5.32 Å². The van der Waals surface area contributed by atoms with E-state index in [4.69, 9.17) is 5.10 Å². The van der Waals surface area contributed by atoms with Crippen LogP contribution in [0.5, 0.6) is 0 Å². The highest BCUT2D eigenvalue weighted by atomic mass is 19.1. The Hall–Kier alpha value is -2.46. The number of rotatable bonds is 7. The summed E-state index contributed by atoms with van der Waals surface area (Å²) in [6.45, 7) is 3.99. The Balaban J connectivity index is 1.17. The molecule has 0 amide bonds. The zero-order chi connectivity index (χ0) is 22.4. The fourth-order valence-corrected chi connectivity index (χ4v) is 7.30. The largest absolute Gasteiger partial charge is 0.313 e. The molecule has 4 bridgehead atoms. The number of hydrogen-bond acceptors (Lipinski definition) is 2. The topological polar surface area (TPSA) is 29.9 Å². The number of nitrogens with zero attached hydrogens (tertiary/aromatic N) is 2. The lowest BCUT2D eigenvalue weighted by molar-refractivity contribution is -0.0393. The van der Waals surface area contributed by atoms with E-state index in [1.807, 2.05) is 4.68 Å². The van der Waals surface area contributed by atoms with E-state index >= 15 is 0 Å². The summed E-state index contributed by atoms with van der Waals surface area (Å²) < 4.78 is 15.3. The van der Waals surface area contributed by atoms with Gasteiger partial charge in [-0.2, -0.15) is 5.10 Å². The molecule has 4 aliphatic carbocycles. The van der Waals surface area contributed by atoms with Gasteiger partial charge in [0, 0.05) is 23.9 Å². The van der Waals surface area contributed by atoms with E-state index in [0.717, 1.165) is 59.6 Å². The van der Waals surface area contributed by atoms with E-state index in [-0.39, 0.29) is 5.82 Å². The first-order valence-electron chi connectivity index (χ1n) is 12.7. The number of nitrogens with one attached hydrogen (secondary N) is 1. The molecule has 0 spiro atoms. The highest BCUT2D eigenvalue weighted by Crippen LogP contribution is 2.57. The fraction of sp³-hybridized carbons (Fsp3) is 0.483. The van der Waals surface area contributed by atoms with Gasteiger partial charge in [0.05, 0.1) is 11.4 Å². The molecule has 0 aliphatic heterocycles. The van der Waals surface area contributed by atoms with Gasteiger partial charge in [-0.1, -0.05) is 23.8 Å². The Morgan fingerprint density at radius 3 is 2.39 bits per heavy atom. The number of aryl methyl sites for hydroxylation is 1. The first kappa shape index (κ1) is 21.1. The van der Waals surface area contributed by atoms with Crippen molar-refractivity contribution in [3.63, 3.8) is 0 Å². The Morgan fingerprint density at radius 2 is 1.70 bits per heavy atom. The average molecular weight is 444 g/mol. The predicted molar refractivity (Wildman–Crippen MR) is 131 cm³/mol. The van der Waals surface area contributed by atoms with Gasteiger partial charge in [-0.15, -0.1) is 0 Å². The van der Waals surface area contributed by atoms with Crippen molar-refractivity contribution in [3.05, 3.63) is 71.7 Å². The molecule has 1 N–H and O–H groups in total. The van der Waals surface area contributed by atoms with Crippen molar-refractivity contribution in [1.29, 1.82) is 0 Å². The van der Waals surface area contributed by atoms with Crippen LogP contribution in [0.3, 0.4) is 0 Å². The quantitative estimate of drug-likeness (QED) is 0.420. The van der Waals surface area contributed by atoms with Crippen LogP contribution in [0.1, 0.15) is 49.7 Å². The second-order valence-electron chi connectivity index (χ2n) is 10.9. The first-order valence-corrected chi connectivity index (χ1v) is 12.7. The molecule has 3 nitrogen and oxygen atoms in total. The number of hydrogen-bond donors (Lipinski definition) is 1. The fourth-order valence-electron chi connectivity index (χ4n) is 7.30. The highest BCUT2D eigenvalue weighted by molar-refractivity contribution is 5.64. The third-order valence-corrected chi connectivity index (χ3v) is 8.56. The van der Waals surface area contributed by atoms with Crippen molar-refractivity contribution < 1.29 is 4.39 Å². The zero-order valence-electron chi connectivity index (χ0n) is 19.5. The van der Waals surface area contributed by atoms with Crippen molar-refractivity contribution in [2.75, 3.05) is 6.54 Å². The molecule has 0 radical (unpaired) electrons. The summed E-state index contributed by atoms with van der Waals surface area (Å²) in [7, 11) is 0. The maximum atomic E-state index is 13.4. The van der Waals surface area contributed by atoms with Gasteiger partial charge in [0.15, 0.2) is 0 Å². The zero-order valence-corrected chi connectivity index (χ0v) is 19.5. The Morgan fingerprint density at radius 1 is 0.970 bits per heavy atom. The van der Waals surface area contributed by atoms with Gasteiger partial charge in [-0.3, -0.25) is 0 Å². The minimum absolute atomic E-state index is 0.225. The van der Waals surface area contributed by atoms with Gasteiger partial charge in [-0.25, -0.2) is 9.07 Å². The lowest BCUT2D eigenvalue weighted by Crippen LogP contribution is -2.45. The van der Waals surface area contributed by atoms with Crippen molar-refractivity contribution in [3.8, 4) is 16.9 Å². The Bertz CT molecular complexity index is 1090. The van der Waals surface area contributed by atoms with Crippen LogP contribution >= 0.6 is 0 Å². The molecule has 0 unspecified atom stereocenters. The molecule has 33 heavy (non-hydrogen) atoms. The van der Waals surface area contributed by atoms with Crippen LogP contribution in [0.25, 0.3) is 16.9 Å². The van der Waals surface area contributed by atoms with E-state index in [1.54, 1.807) is 12.1 Å². The SMILES string of the molecule is Cc1cccc(-c2nn(-c3ccc(F)cc3)cc2CNCCC2C3CC4CC(C3)CC2C4)c1. The number of halogens is 1. The number of benzene rings is 2. The standard InChI is InChI=1S/C29H34FN3/c1-19-3-2-4-22(11-19)29-25(18-33(32-29)27-7-5-26(30)6-8-27)17-31-10-9-28-23-13-20-12-21(15-23)16-24(28)14-20/h2-8,11,18,20-21,23-24,28,31H,9-10,12-17H2,1H3. The molecule has 1 aromatic heterocycles. The molecule has 0 atom stereocenters. The molecule has 0 saturated heterocycles. The van der Waals surface area contributed by atoms with E-state index in [2.05, 4.69) is 42.7 Å². The van der Waals surface area contributed by atoms with Gasteiger partial charge in [-0.05, 0) is 112 Å². The second kappa shape index (κ2) is 8.72. The van der Waals surface area contributed by atoms with Crippen LogP contribution in [0, 0.1) is 42.3 Å². The van der Waals surface area contributed by atoms with E-state index in [1.165, 1.54) is 61.8 Å². The Labute approximate surface area is 196 Å².